The molecule has 11 atom stereocenters. The Bertz CT molecular complexity index is 3270. The van der Waals surface area contributed by atoms with Gasteiger partial charge in [0, 0.05) is 51.0 Å². The van der Waals surface area contributed by atoms with Gasteiger partial charge in [0.1, 0.15) is 28.8 Å². The van der Waals surface area contributed by atoms with Crippen molar-refractivity contribution in [3.05, 3.63) is 155 Å². The number of carbonyl (C=O) groups excluding carboxylic acids is 2. The lowest BCUT2D eigenvalue weighted by Crippen LogP contribution is -2.41. The van der Waals surface area contributed by atoms with Crippen molar-refractivity contribution in [1.29, 1.82) is 0 Å². The summed E-state index contributed by atoms with van der Waals surface area (Å²) < 4.78 is 51.1. The number of nitrogens with one attached hydrogen (secondary N) is 1. The van der Waals surface area contributed by atoms with Crippen molar-refractivity contribution in [2.45, 2.75) is 392 Å². The Kier molecular flexibility index (Phi) is 41.2. The highest BCUT2D eigenvalue weighted by Gasteiger charge is 2.37. The average Bonchev–Trinajstić information content (AvgIpc) is 0.833. The van der Waals surface area contributed by atoms with Crippen LogP contribution in [-0.4, -0.2) is 61.2 Å². The molecule has 11 unspecified atom stereocenters. The highest BCUT2D eigenvalue weighted by Crippen LogP contribution is 2.40. The predicted octanol–water partition coefficient (Wildman–Crippen LogP) is 27.8. The Labute approximate surface area is 677 Å². The van der Waals surface area contributed by atoms with E-state index < -0.39 is 0 Å². The van der Waals surface area contributed by atoms with Crippen LogP contribution in [-0.2, 0) is 28.5 Å². The van der Waals surface area contributed by atoms with Crippen molar-refractivity contribution in [1.82, 2.24) is 5.32 Å². The van der Waals surface area contributed by atoms with E-state index in [1.54, 1.807) is 6.92 Å². The minimum absolute atomic E-state index is 0.0224. The van der Waals surface area contributed by atoms with Gasteiger partial charge in [-0.05, 0) is 237 Å². The largest absolute Gasteiger partial charge is 0.465 e. The quantitative estimate of drug-likeness (QED) is 0.0388. The summed E-state index contributed by atoms with van der Waals surface area (Å²) in [6, 6.07) is 44.9. The Hall–Kier alpha value is -5.72. The number of rotatable bonds is 36. The van der Waals surface area contributed by atoms with Gasteiger partial charge in [-0.3, -0.25) is 9.59 Å². The second-order valence-electron chi connectivity index (χ2n) is 36.6. The second-order valence-corrected chi connectivity index (χ2v) is 36.6. The lowest BCUT2D eigenvalue weighted by Gasteiger charge is -2.40. The van der Waals surface area contributed by atoms with Gasteiger partial charge in [0.05, 0.1) is 24.4 Å². The third-order valence-corrected chi connectivity index (χ3v) is 24.5. The van der Waals surface area contributed by atoms with E-state index >= 15 is 0 Å². The molecule has 11 heteroatoms. The van der Waals surface area contributed by atoms with E-state index in [0.29, 0.717) is 65.6 Å². The molecule has 0 aliphatic heterocycles. The van der Waals surface area contributed by atoms with Gasteiger partial charge >= 0.3 is 0 Å². The van der Waals surface area contributed by atoms with Gasteiger partial charge in [-0.2, -0.15) is 0 Å². The van der Waals surface area contributed by atoms with E-state index in [4.69, 9.17) is 37.9 Å². The zero-order valence-corrected chi connectivity index (χ0v) is 73.9. The highest BCUT2D eigenvalue weighted by molar-refractivity contribution is 5.80. The van der Waals surface area contributed by atoms with Gasteiger partial charge in [0.25, 0.3) is 0 Å². The van der Waals surface area contributed by atoms with Crippen molar-refractivity contribution in [2.24, 2.45) is 46.3 Å². The van der Waals surface area contributed by atoms with Gasteiger partial charge in [-0.25, -0.2) is 0 Å². The lowest BCUT2D eigenvalue weighted by molar-refractivity contribution is -0.173. The number of amides is 1. The normalized spacial score (nSPS) is 22.8. The lowest BCUT2D eigenvalue weighted by atomic mass is 9.75. The molecule has 0 saturated heterocycles. The van der Waals surface area contributed by atoms with E-state index in [1.807, 2.05) is 13.0 Å². The van der Waals surface area contributed by atoms with Crippen LogP contribution in [0.25, 0.3) is 0 Å². The van der Waals surface area contributed by atoms with E-state index in [9.17, 15) is 9.59 Å². The van der Waals surface area contributed by atoms with Crippen LogP contribution >= 0.6 is 0 Å². The smallest absolute Gasteiger partial charge is 0.217 e. The van der Waals surface area contributed by atoms with Crippen LogP contribution < -0.4 is 24.3 Å². The standard InChI is InChI=1S/C26H42O3.C26H36O2.C25H42O2.C23H37NO3/c1-7-19(4)20-10-14-22(15-11-20)28-25(18-26(5,6)9-3)29-23-16-12-21(13-17-23)24(27)8-2;1-4-20(2)23-15-17-25(18-16-23)28-26(19-22-11-7-5-8-12-22)27-21(3)24-13-9-6-10-14-24;1-9-18(3)21-10-12-22(13-11-21)26-23(16-25(6,7)8)27-24-19(4)14-17(2)15-20(24)5;1-6-17(4)19-7-11-21(12-8-19)26-23(15-16(2)3)27-22-13-9-20(10-14-22)24-18(5)25/h10-11,14-15,19,21,23,25H,7-9,12-13,16-18H2,1-6H3;6,9-10,13-18,20-22,26H,4-5,7-8,11-12,19H2,1-3H3;10-13,17-20,23-24H,9,14-16H2,1-8H3;7-8,11-12,16-17,20,22-23H,6,9-10,13-15H2,1-5H3,(H,24,25). The number of ketones is 1. The average molecular weight is 1530 g/mol. The number of carbonyl (C=O) groups is 2. The first-order valence-electron chi connectivity index (χ1n) is 44.4. The van der Waals surface area contributed by atoms with Gasteiger partial charge in [0.2, 0.25) is 24.8 Å². The van der Waals surface area contributed by atoms with Gasteiger partial charge in [-0.15, -0.1) is 0 Å². The van der Waals surface area contributed by atoms with Crippen LogP contribution in [0.15, 0.2) is 127 Å². The maximum absolute atomic E-state index is 12.0. The molecule has 0 aromatic heterocycles. The van der Waals surface area contributed by atoms with Crippen molar-refractivity contribution in [2.75, 3.05) is 0 Å². The third-order valence-electron chi connectivity index (χ3n) is 24.5. The first-order valence-corrected chi connectivity index (χ1v) is 44.4. The minimum atomic E-state index is -0.247. The fourth-order valence-corrected chi connectivity index (χ4v) is 16.3. The Morgan fingerprint density at radius 3 is 1.23 bits per heavy atom. The molecule has 4 aliphatic rings. The monoisotopic (exact) mass is 1530 g/mol. The summed E-state index contributed by atoms with van der Waals surface area (Å²) in [7, 11) is 0. The summed E-state index contributed by atoms with van der Waals surface area (Å²) in [4.78, 5) is 23.2. The van der Waals surface area contributed by atoms with Gasteiger partial charge in [-0.1, -0.05) is 256 Å². The maximum atomic E-state index is 12.0. The van der Waals surface area contributed by atoms with Gasteiger partial charge in [0.15, 0.2) is 6.29 Å². The molecule has 4 aliphatic carbocycles. The van der Waals surface area contributed by atoms with Crippen molar-refractivity contribution < 1.29 is 47.5 Å². The van der Waals surface area contributed by atoms with E-state index in [-0.39, 0.29) is 72.2 Å². The Morgan fingerprint density at radius 1 is 0.450 bits per heavy atom. The molecular weight excluding hydrogens is 1380 g/mol. The fraction of sp³-hybridized carbons (Fsp3) is 0.680. The molecule has 0 spiro atoms. The first-order chi connectivity index (χ1) is 52.9. The zero-order chi connectivity index (χ0) is 81.2. The second kappa shape index (κ2) is 48.6. The number of benzene rings is 5. The number of hydrogen-bond donors (Lipinski definition) is 1. The van der Waals surface area contributed by atoms with Crippen LogP contribution in [0.1, 0.15) is 370 Å². The molecule has 622 valence electrons. The topological polar surface area (TPSA) is 120 Å². The zero-order valence-electron chi connectivity index (χ0n) is 73.9. The van der Waals surface area contributed by atoms with Crippen molar-refractivity contribution in [3.63, 3.8) is 0 Å². The van der Waals surface area contributed by atoms with Crippen molar-refractivity contribution in [3.8, 4) is 23.0 Å². The summed E-state index contributed by atoms with van der Waals surface area (Å²) in [5.74, 6) is 9.77. The highest BCUT2D eigenvalue weighted by atomic mass is 16.7. The van der Waals surface area contributed by atoms with Gasteiger partial charge < -0.3 is 43.2 Å². The minimum Gasteiger partial charge on any atom is -0.465 e. The van der Waals surface area contributed by atoms with E-state index in [0.717, 1.165) is 138 Å². The molecule has 9 rings (SSSR count). The molecule has 111 heavy (non-hydrogen) atoms. The summed E-state index contributed by atoms with van der Waals surface area (Å²) in [6.07, 6.45) is 26.6. The molecule has 0 radical (unpaired) electrons. The number of hydrogen-bond acceptors (Lipinski definition) is 10. The molecule has 5 aromatic rings. The molecule has 5 aromatic carbocycles. The molecule has 4 saturated carbocycles. The molecule has 4 fully saturated rings. The van der Waals surface area contributed by atoms with E-state index in [1.165, 1.54) is 72.8 Å². The molecular formula is C100H157NO10. The van der Waals surface area contributed by atoms with Crippen LogP contribution in [0, 0.1) is 46.3 Å². The molecule has 0 heterocycles. The molecule has 0 bridgehead atoms. The third kappa shape index (κ3) is 34.7. The molecule has 1 N–H and O–H groups in total. The first kappa shape index (κ1) is 94.1. The summed E-state index contributed by atoms with van der Waals surface area (Å²) in [6.45, 7) is 48.6. The summed E-state index contributed by atoms with van der Waals surface area (Å²) in [5.41, 5.74) is 6.98. The predicted molar refractivity (Wildman–Crippen MR) is 462 cm³/mol. The molecule has 1 amide bonds. The summed E-state index contributed by atoms with van der Waals surface area (Å²) in [5, 5.41) is 3.02. The van der Waals surface area contributed by atoms with Crippen LogP contribution in [0.4, 0.5) is 0 Å². The fourth-order valence-electron chi connectivity index (χ4n) is 16.3. The van der Waals surface area contributed by atoms with Crippen LogP contribution in [0.2, 0.25) is 0 Å². The maximum Gasteiger partial charge on any atom is 0.217 e. The Morgan fingerprint density at radius 2 is 0.847 bits per heavy atom. The van der Waals surface area contributed by atoms with Crippen LogP contribution in [0.5, 0.6) is 23.0 Å². The van der Waals surface area contributed by atoms with Crippen molar-refractivity contribution >= 4 is 11.7 Å². The van der Waals surface area contributed by atoms with E-state index in [2.05, 4.69) is 265 Å². The van der Waals surface area contributed by atoms with Crippen LogP contribution in [0.3, 0.4) is 0 Å². The Balaban J connectivity index is 0.000000231. The summed E-state index contributed by atoms with van der Waals surface area (Å²) >= 11 is 0. The number of Topliss-reactive ketones (excluding diaryl/α,β-unsaturated/α-hetero) is 1. The number of ether oxygens (including phenoxy) is 8. The molecule has 11 nitrogen and oxygen atoms in total. The SMILES string of the molecule is CCC(=O)C1CCC(OC(CC(C)(C)CC)Oc2ccc(C(C)CC)cc2)CC1.CCC(C)c1ccc(OC(CC(C)(C)C)OC2C(C)CC(C)CC2C)cc1.CCC(C)c1ccc(OC(CC(C)C)OC2CCC(NC(C)=O)CC2)cc1.CCC(C)c1ccc(OC(CC2CCCCC2)OC(C)c2ccccc2)cc1.